The Morgan fingerprint density at radius 3 is 1.81 bits per heavy atom. The van der Waals surface area contributed by atoms with Crippen LogP contribution < -0.4 is 23.7 Å². The molecule has 0 atom stereocenters. The number of ether oxygens (including phenoxy) is 7. The highest BCUT2D eigenvalue weighted by atomic mass is 16.6. The van der Waals surface area contributed by atoms with E-state index in [0.717, 1.165) is 11.1 Å². The van der Waals surface area contributed by atoms with Crippen molar-refractivity contribution in [3.63, 3.8) is 0 Å². The molecule has 0 aliphatic carbocycles. The molecule has 0 fully saturated rings. The van der Waals surface area contributed by atoms with Crippen LogP contribution in [0.25, 0.3) is 12.2 Å². The average molecular weight is 446 g/mol. The monoisotopic (exact) mass is 446 g/mol. The Kier molecular flexibility index (Phi) is 9.37. The van der Waals surface area contributed by atoms with Gasteiger partial charge < -0.3 is 33.2 Å². The van der Waals surface area contributed by atoms with Crippen molar-refractivity contribution >= 4 is 24.1 Å². The van der Waals surface area contributed by atoms with Crippen LogP contribution in [0.15, 0.2) is 30.3 Å². The molecule has 0 N–H and O–H groups in total. The van der Waals surface area contributed by atoms with Crippen LogP contribution >= 0.6 is 0 Å². The van der Waals surface area contributed by atoms with Crippen molar-refractivity contribution in [2.24, 2.45) is 0 Å². The van der Waals surface area contributed by atoms with E-state index in [1.165, 1.54) is 21.3 Å². The van der Waals surface area contributed by atoms with E-state index < -0.39 is 18.5 Å². The number of hydrogen-bond acceptors (Lipinski definition) is 9. The van der Waals surface area contributed by atoms with Gasteiger partial charge in [-0.3, -0.25) is 0 Å². The molecule has 0 spiro atoms. The summed E-state index contributed by atoms with van der Waals surface area (Å²) in [5, 5.41) is 0. The van der Waals surface area contributed by atoms with Crippen LogP contribution in [-0.2, 0) is 19.1 Å². The first-order valence-corrected chi connectivity index (χ1v) is 9.47. The molecule has 2 aromatic carbocycles. The van der Waals surface area contributed by atoms with Crippen LogP contribution in [0.1, 0.15) is 11.1 Å². The second-order valence-electron chi connectivity index (χ2n) is 6.25. The standard InChI is InChI=1S/C23H26O9/c1-26-17-9-8-15(10-18(17)32-22(25)14-31-13-21(24)29-4)6-7-16-11-19(27-2)23(30-5)20(12-16)28-3/h6-12H,13-14H2,1-5H3/b7-6-. The van der Waals surface area contributed by atoms with E-state index in [0.29, 0.717) is 23.0 Å². The molecule has 172 valence electrons. The molecule has 0 heterocycles. The molecule has 0 aliphatic rings. The van der Waals surface area contributed by atoms with E-state index in [1.807, 2.05) is 12.2 Å². The summed E-state index contributed by atoms with van der Waals surface area (Å²) in [6, 6.07) is 8.73. The summed E-state index contributed by atoms with van der Waals surface area (Å²) in [4.78, 5) is 23.1. The predicted octanol–water partition coefficient (Wildman–Crippen LogP) is 2.99. The van der Waals surface area contributed by atoms with Crippen molar-refractivity contribution in [2.75, 3.05) is 48.8 Å². The van der Waals surface area contributed by atoms with E-state index >= 15 is 0 Å². The molecule has 2 rings (SSSR count). The Labute approximate surface area is 186 Å². The lowest BCUT2D eigenvalue weighted by Crippen LogP contribution is -2.19. The Morgan fingerprint density at radius 1 is 0.688 bits per heavy atom. The topological polar surface area (TPSA) is 98.8 Å². The van der Waals surface area contributed by atoms with E-state index in [9.17, 15) is 9.59 Å². The first-order valence-electron chi connectivity index (χ1n) is 9.47. The molecule has 32 heavy (non-hydrogen) atoms. The fourth-order valence-electron chi connectivity index (χ4n) is 2.70. The third-order valence-corrected chi connectivity index (χ3v) is 4.23. The molecule has 0 aromatic heterocycles. The summed E-state index contributed by atoms with van der Waals surface area (Å²) in [6.07, 6.45) is 3.67. The first-order chi connectivity index (χ1) is 15.4. The lowest BCUT2D eigenvalue weighted by molar-refractivity contribution is -0.149. The third-order valence-electron chi connectivity index (χ3n) is 4.23. The van der Waals surface area contributed by atoms with Gasteiger partial charge in [0, 0.05) is 0 Å². The fraction of sp³-hybridized carbons (Fsp3) is 0.304. The van der Waals surface area contributed by atoms with Crippen molar-refractivity contribution in [1.82, 2.24) is 0 Å². The van der Waals surface area contributed by atoms with Gasteiger partial charge in [0.05, 0.1) is 35.5 Å². The number of carbonyl (C=O) groups excluding carboxylic acids is 2. The Morgan fingerprint density at radius 2 is 1.25 bits per heavy atom. The van der Waals surface area contributed by atoms with Crippen LogP contribution in [0, 0.1) is 0 Å². The number of carbonyl (C=O) groups is 2. The summed E-state index contributed by atoms with van der Waals surface area (Å²) < 4.78 is 36.0. The van der Waals surface area contributed by atoms with Gasteiger partial charge in [-0.15, -0.1) is 0 Å². The third kappa shape index (κ3) is 6.64. The van der Waals surface area contributed by atoms with Crippen LogP contribution in [-0.4, -0.2) is 60.7 Å². The molecular formula is C23H26O9. The maximum Gasteiger partial charge on any atom is 0.337 e. The normalized spacial score (nSPS) is 10.5. The molecule has 0 saturated carbocycles. The van der Waals surface area contributed by atoms with Crippen LogP contribution in [0.3, 0.4) is 0 Å². The molecule has 0 radical (unpaired) electrons. The second kappa shape index (κ2) is 12.2. The van der Waals surface area contributed by atoms with Gasteiger partial charge in [-0.1, -0.05) is 18.2 Å². The quantitative estimate of drug-likeness (QED) is 0.293. The predicted molar refractivity (Wildman–Crippen MR) is 116 cm³/mol. The molecule has 0 saturated heterocycles. The summed E-state index contributed by atoms with van der Waals surface area (Å²) in [6.45, 7) is -0.760. The number of methoxy groups -OCH3 is 5. The molecule has 0 bridgehead atoms. The second-order valence-corrected chi connectivity index (χ2v) is 6.25. The molecule has 9 nitrogen and oxygen atoms in total. The smallest absolute Gasteiger partial charge is 0.337 e. The van der Waals surface area contributed by atoms with Gasteiger partial charge in [0.1, 0.15) is 13.2 Å². The SMILES string of the molecule is COC(=O)COCC(=O)Oc1cc(/C=C\c2cc(OC)c(OC)c(OC)c2)ccc1OC. The van der Waals surface area contributed by atoms with E-state index in [4.69, 9.17) is 28.4 Å². The van der Waals surface area contributed by atoms with Gasteiger partial charge in [0.2, 0.25) is 5.75 Å². The minimum Gasteiger partial charge on any atom is -0.493 e. The summed E-state index contributed by atoms with van der Waals surface area (Å²) in [5.74, 6) is 0.876. The Hall–Kier alpha value is -3.72. The average Bonchev–Trinajstić information content (AvgIpc) is 2.81. The molecule has 9 heteroatoms. The first kappa shape index (κ1) is 24.5. The van der Waals surface area contributed by atoms with Gasteiger partial charge in [-0.2, -0.15) is 0 Å². The van der Waals surface area contributed by atoms with E-state index in [2.05, 4.69) is 4.74 Å². The summed E-state index contributed by atoms with van der Waals surface area (Å²) >= 11 is 0. The van der Waals surface area contributed by atoms with Crippen molar-refractivity contribution in [3.05, 3.63) is 41.5 Å². The van der Waals surface area contributed by atoms with E-state index in [-0.39, 0.29) is 12.4 Å². The molecule has 0 aliphatic heterocycles. The van der Waals surface area contributed by atoms with Gasteiger partial charge in [0.15, 0.2) is 23.0 Å². The highest BCUT2D eigenvalue weighted by Gasteiger charge is 2.13. The largest absolute Gasteiger partial charge is 0.493 e. The number of benzene rings is 2. The lowest BCUT2D eigenvalue weighted by atomic mass is 10.1. The minimum absolute atomic E-state index is 0.214. The van der Waals surface area contributed by atoms with Gasteiger partial charge in [-0.25, -0.2) is 9.59 Å². The van der Waals surface area contributed by atoms with E-state index in [1.54, 1.807) is 44.6 Å². The maximum atomic E-state index is 12.0. The number of hydrogen-bond donors (Lipinski definition) is 0. The summed E-state index contributed by atoms with van der Waals surface area (Å²) in [7, 11) is 7.32. The zero-order valence-electron chi connectivity index (χ0n) is 18.6. The van der Waals surface area contributed by atoms with Crippen molar-refractivity contribution < 1.29 is 42.7 Å². The van der Waals surface area contributed by atoms with Crippen LogP contribution in [0.4, 0.5) is 0 Å². The van der Waals surface area contributed by atoms with Crippen LogP contribution in [0.5, 0.6) is 28.7 Å². The van der Waals surface area contributed by atoms with Crippen molar-refractivity contribution in [1.29, 1.82) is 0 Å². The Balaban J connectivity index is 2.18. The fourth-order valence-corrected chi connectivity index (χ4v) is 2.70. The number of esters is 2. The van der Waals surface area contributed by atoms with Crippen molar-refractivity contribution in [3.8, 4) is 28.7 Å². The zero-order valence-corrected chi connectivity index (χ0v) is 18.6. The minimum atomic E-state index is -0.682. The molecule has 2 aromatic rings. The molecule has 0 amide bonds. The summed E-state index contributed by atoms with van der Waals surface area (Å²) in [5.41, 5.74) is 1.56. The highest BCUT2D eigenvalue weighted by molar-refractivity contribution is 5.77. The number of rotatable bonds is 11. The van der Waals surface area contributed by atoms with Gasteiger partial charge in [0.25, 0.3) is 0 Å². The molecular weight excluding hydrogens is 420 g/mol. The van der Waals surface area contributed by atoms with Crippen molar-refractivity contribution in [2.45, 2.75) is 0 Å². The maximum absolute atomic E-state index is 12.0. The molecule has 0 unspecified atom stereocenters. The highest BCUT2D eigenvalue weighted by Crippen LogP contribution is 2.38. The zero-order chi connectivity index (χ0) is 23.5. The van der Waals surface area contributed by atoms with Gasteiger partial charge >= 0.3 is 11.9 Å². The van der Waals surface area contributed by atoms with Crippen LogP contribution in [0.2, 0.25) is 0 Å². The Bertz CT molecular complexity index is 941. The van der Waals surface area contributed by atoms with Gasteiger partial charge in [-0.05, 0) is 35.4 Å². The lowest BCUT2D eigenvalue weighted by Gasteiger charge is -2.13.